The van der Waals surface area contributed by atoms with Crippen LogP contribution in [0, 0.1) is 5.82 Å². The quantitative estimate of drug-likeness (QED) is 0.477. The Labute approximate surface area is 241 Å². The average Bonchev–Trinajstić information content (AvgIpc) is 2.91. The standard InChI is InChI=1S/C29H35F4N5O4/c1-16(2)42-28(41)37-8-6-7-19(15-37)20-9-24(25(11-23(20)30)38-13-17(3)36(5)18(4)14-38)35-27(40)21-12-34-26(39)10-22(21)29(31,32)33/h7,9-12,16-18H,6,8,13-15H2,1-5H3,(H,34,39)(H,35,40). The fourth-order valence-corrected chi connectivity index (χ4v) is 5.23. The number of piperazine rings is 1. The molecule has 0 spiro atoms. The number of carbonyl (C=O) groups is 2. The Kier molecular flexibility index (Phi) is 9.00. The Morgan fingerprint density at radius 1 is 1.12 bits per heavy atom. The van der Waals surface area contributed by atoms with E-state index in [2.05, 4.69) is 15.2 Å². The number of carbonyl (C=O) groups excluding carboxylic acids is 2. The molecule has 0 aliphatic carbocycles. The van der Waals surface area contributed by atoms with Crippen molar-refractivity contribution >= 4 is 28.9 Å². The van der Waals surface area contributed by atoms with Crippen LogP contribution in [0.3, 0.4) is 0 Å². The molecular formula is C29H35F4N5O4. The zero-order valence-corrected chi connectivity index (χ0v) is 24.1. The van der Waals surface area contributed by atoms with E-state index < -0.39 is 40.7 Å². The van der Waals surface area contributed by atoms with Gasteiger partial charge in [0.25, 0.3) is 5.91 Å². The Morgan fingerprint density at radius 2 is 1.79 bits per heavy atom. The second-order valence-electron chi connectivity index (χ2n) is 11.1. The van der Waals surface area contributed by atoms with Gasteiger partial charge in [0.05, 0.1) is 28.6 Å². The highest BCUT2D eigenvalue weighted by Gasteiger charge is 2.36. The molecule has 228 valence electrons. The summed E-state index contributed by atoms with van der Waals surface area (Å²) in [7, 11) is 1.97. The van der Waals surface area contributed by atoms with E-state index in [1.54, 1.807) is 19.9 Å². The molecule has 2 N–H and O–H groups in total. The molecule has 2 amide bonds. The highest BCUT2D eigenvalue weighted by atomic mass is 19.4. The summed E-state index contributed by atoms with van der Waals surface area (Å²) in [4.78, 5) is 45.1. The van der Waals surface area contributed by atoms with E-state index in [4.69, 9.17) is 4.74 Å². The zero-order chi connectivity index (χ0) is 30.9. The molecule has 0 radical (unpaired) electrons. The van der Waals surface area contributed by atoms with E-state index in [1.165, 1.54) is 17.0 Å². The van der Waals surface area contributed by atoms with Crippen molar-refractivity contribution in [2.24, 2.45) is 0 Å². The average molecular weight is 594 g/mol. The number of aromatic amines is 1. The molecule has 2 unspecified atom stereocenters. The van der Waals surface area contributed by atoms with Crippen LogP contribution >= 0.6 is 0 Å². The molecule has 2 aliphatic rings. The van der Waals surface area contributed by atoms with Crippen molar-refractivity contribution in [3.05, 3.63) is 63.3 Å². The molecule has 42 heavy (non-hydrogen) atoms. The van der Waals surface area contributed by atoms with Crippen LogP contribution in [0.2, 0.25) is 0 Å². The summed E-state index contributed by atoms with van der Waals surface area (Å²) in [5.74, 6) is -1.72. The number of pyridine rings is 1. The lowest BCUT2D eigenvalue weighted by Crippen LogP contribution is -2.55. The lowest BCUT2D eigenvalue weighted by molar-refractivity contribution is -0.138. The zero-order valence-electron chi connectivity index (χ0n) is 24.1. The molecule has 0 saturated carbocycles. The normalized spacial score (nSPS) is 20.0. The molecule has 1 fully saturated rings. The maximum atomic E-state index is 15.8. The SMILES string of the molecule is CC(C)OC(=O)N1CCC=C(c2cc(NC(=O)c3c[nH]c(=O)cc3C(F)(F)F)c(N3CC(C)N(C)C(C)C3)cc2F)C1. The van der Waals surface area contributed by atoms with Gasteiger partial charge in [0.2, 0.25) is 5.56 Å². The Morgan fingerprint density at radius 3 is 2.40 bits per heavy atom. The number of alkyl halides is 3. The summed E-state index contributed by atoms with van der Waals surface area (Å²) >= 11 is 0. The Balaban J connectivity index is 1.76. The number of amides is 2. The van der Waals surface area contributed by atoms with Crippen LogP contribution in [0.25, 0.3) is 5.57 Å². The lowest BCUT2D eigenvalue weighted by Gasteiger charge is -2.44. The van der Waals surface area contributed by atoms with Gasteiger partial charge in [0.1, 0.15) is 5.82 Å². The molecule has 3 heterocycles. The first-order chi connectivity index (χ1) is 19.6. The van der Waals surface area contributed by atoms with Crippen molar-refractivity contribution in [3.63, 3.8) is 0 Å². The van der Waals surface area contributed by atoms with E-state index in [0.717, 1.165) is 0 Å². The number of nitrogens with one attached hydrogen (secondary N) is 2. The summed E-state index contributed by atoms with van der Waals surface area (Å²) in [6.07, 6.45) is -2.91. The number of nitrogens with zero attached hydrogens (tertiary/aromatic N) is 3. The summed E-state index contributed by atoms with van der Waals surface area (Å²) in [5, 5.41) is 2.55. The van der Waals surface area contributed by atoms with Gasteiger partial charge in [0, 0.05) is 56.1 Å². The second kappa shape index (κ2) is 12.2. The fourth-order valence-electron chi connectivity index (χ4n) is 5.23. The van der Waals surface area contributed by atoms with Crippen molar-refractivity contribution in [1.82, 2.24) is 14.8 Å². The van der Waals surface area contributed by atoms with Gasteiger partial charge in [-0.05, 0) is 58.9 Å². The van der Waals surface area contributed by atoms with E-state index in [9.17, 15) is 27.6 Å². The molecule has 2 atom stereocenters. The third-order valence-electron chi connectivity index (χ3n) is 7.60. The van der Waals surface area contributed by atoms with Crippen molar-refractivity contribution < 1.29 is 31.9 Å². The summed E-state index contributed by atoms with van der Waals surface area (Å²) in [6, 6.07) is 3.11. The van der Waals surface area contributed by atoms with Gasteiger partial charge in [0.15, 0.2) is 0 Å². The first kappa shape index (κ1) is 31.1. The minimum Gasteiger partial charge on any atom is -0.447 e. The number of halogens is 4. The maximum absolute atomic E-state index is 15.8. The van der Waals surface area contributed by atoms with Gasteiger partial charge in [-0.25, -0.2) is 9.18 Å². The molecule has 0 bridgehead atoms. The van der Waals surface area contributed by atoms with Crippen LogP contribution in [-0.4, -0.2) is 78.2 Å². The first-order valence-electron chi connectivity index (χ1n) is 13.7. The monoisotopic (exact) mass is 593 g/mol. The number of aromatic nitrogens is 1. The number of hydrogen-bond acceptors (Lipinski definition) is 6. The number of anilines is 2. The van der Waals surface area contributed by atoms with Gasteiger partial charge in [-0.1, -0.05) is 6.08 Å². The third-order valence-corrected chi connectivity index (χ3v) is 7.60. The van der Waals surface area contributed by atoms with Gasteiger partial charge >= 0.3 is 12.3 Å². The van der Waals surface area contributed by atoms with Gasteiger partial charge in [-0.15, -0.1) is 0 Å². The molecule has 2 aliphatic heterocycles. The van der Waals surface area contributed by atoms with Crippen LogP contribution in [-0.2, 0) is 10.9 Å². The summed E-state index contributed by atoms with van der Waals surface area (Å²) < 4.78 is 62.2. The Bertz CT molecular complexity index is 1430. The number of likely N-dealkylation sites (N-methyl/N-ethyl adjacent to an activating group) is 1. The minimum atomic E-state index is -4.96. The summed E-state index contributed by atoms with van der Waals surface area (Å²) in [5.41, 5.74) is -2.19. The number of rotatable bonds is 5. The van der Waals surface area contributed by atoms with E-state index in [1.807, 2.05) is 25.8 Å². The van der Waals surface area contributed by atoms with E-state index >= 15 is 4.39 Å². The maximum Gasteiger partial charge on any atom is 0.417 e. The van der Waals surface area contributed by atoms with Crippen LogP contribution in [0.15, 0.2) is 35.3 Å². The van der Waals surface area contributed by atoms with E-state index in [0.29, 0.717) is 49.6 Å². The predicted molar refractivity (Wildman–Crippen MR) is 151 cm³/mol. The molecule has 9 nitrogen and oxygen atoms in total. The van der Waals surface area contributed by atoms with Crippen molar-refractivity contribution in [3.8, 4) is 0 Å². The first-order valence-corrected chi connectivity index (χ1v) is 13.7. The van der Waals surface area contributed by atoms with Crippen LogP contribution in [0.4, 0.5) is 33.7 Å². The van der Waals surface area contributed by atoms with Crippen molar-refractivity contribution in [1.29, 1.82) is 0 Å². The third kappa shape index (κ3) is 6.77. The molecule has 13 heteroatoms. The number of benzene rings is 1. The molecule has 1 aromatic heterocycles. The summed E-state index contributed by atoms with van der Waals surface area (Å²) in [6.45, 7) is 8.83. The lowest BCUT2D eigenvalue weighted by atomic mass is 9.98. The van der Waals surface area contributed by atoms with Crippen LogP contribution in [0.5, 0.6) is 0 Å². The topological polar surface area (TPSA) is 98.0 Å². The number of hydrogen-bond donors (Lipinski definition) is 2. The minimum absolute atomic E-state index is 0.0515. The van der Waals surface area contributed by atoms with Crippen molar-refractivity contribution in [2.45, 2.75) is 58.5 Å². The van der Waals surface area contributed by atoms with Gasteiger partial charge in [-0.3, -0.25) is 14.5 Å². The number of ether oxygens (including phenoxy) is 1. The number of H-pyrrole nitrogens is 1. The van der Waals surface area contributed by atoms with Gasteiger partial charge in [-0.2, -0.15) is 13.2 Å². The van der Waals surface area contributed by atoms with E-state index in [-0.39, 0.29) is 36.0 Å². The van der Waals surface area contributed by atoms with Crippen molar-refractivity contribution in [2.75, 3.05) is 43.4 Å². The smallest absolute Gasteiger partial charge is 0.417 e. The highest BCUT2D eigenvalue weighted by molar-refractivity contribution is 6.07. The second-order valence-corrected chi connectivity index (χ2v) is 11.1. The van der Waals surface area contributed by atoms with Gasteiger partial charge < -0.3 is 24.8 Å². The van der Waals surface area contributed by atoms with Crippen LogP contribution < -0.4 is 15.8 Å². The fraction of sp³-hybridized carbons (Fsp3) is 0.483. The highest BCUT2D eigenvalue weighted by Crippen LogP contribution is 2.37. The Hall–Kier alpha value is -3.87. The predicted octanol–water partition coefficient (Wildman–Crippen LogP) is 4.95. The molecular weight excluding hydrogens is 558 g/mol. The molecule has 1 aromatic carbocycles. The van der Waals surface area contributed by atoms with Crippen LogP contribution in [0.1, 0.15) is 55.6 Å². The molecule has 1 saturated heterocycles. The molecule has 2 aromatic rings. The largest absolute Gasteiger partial charge is 0.447 e. The molecule has 4 rings (SSSR count).